The highest BCUT2D eigenvalue weighted by Gasteiger charge is 2.31. The zero-order valence-corrected chi connectivity index (χ0v) is 14.0. The van der Waals surface area contributed by atoms with Crippen LogP contribution < -0.4 is 11.3 Å². The Kier molecular flexibility index (Phi) is 4.87. The van der Waals surface area contributed by atoms with Gasteiger partial charge in [0.15, 0.2) is 10.8 Å². The number of rotatable bonds is 7. The van der Waals surface area contributed by atoms with Crippen LogP contribution in [0.4, 0.5) is 5.82 Å². The molecule has 0 aliphatic heterocycles. The predicted molar refractivity (Wildman–Crippen MR) is 84.8 cm³/mol. The first kappa shape index (κ1) is 16.2. The number of aromatic nitrogens is 2. The minimum atomic E-state index is -3.65. The normalized spacial score (nSPS) is 14.0. The van der Waals surface area contributed by atoms with E-state index in [-0.39, 0.29) is 10.8 Å². The number of hydrazine groups is 1. The molecule has 9 heteroatoms. The summed E-state index contributed by atoms with van der Waals surface area (Å²) in [7, 11) is -3.65. The molecule has 0 bridgehead atoms. The molecule has 0 spiro atoms. The van der Waals surface area contributed by atoms with E-state index in [1.165, 1.54) is 15.6 Å². The Labute approximate surface area is 128 Å². The fourth-order valence-electron chi connectivity index (χ4n) is 2.10. The van der Waals surface area contributed by atoms with Crippen molar-refractivity contribution in [2.24, 2.45) is 11.8 Å². The number of sulfonamides is 1. The average molecular weight is 331 g/mol. The SMILES string of the molecule is CCC(C)CN(CC)S(=O)(=O)c1c(NN)nc2sccn12. The third kappa shape index (κ3) is 2.91. The van der Waals surface area contributed by atoms with Gasteiger partial charge in [-0.1, -0.05) is 27.2 Å². The Balaban J connectivity index is 2.51. The summed E-state index contributed by atoms with van der Waals surface area (Å²) >= 11 is 1.36. The topological polar surface area (TPSA) is 92.7 Å². The van der Waals surface area contributed by atoms with Crippen molar-refractivity contribution in [1.29, 1.82) is 0 Å². The van der Waals surface area contributed by atoms with Crippen LogP contribution >= 0.6 is 11.3 Å². The van der Waals surface area contributed by atoms with Gasteiger partial charge < -0.3 is 5.43 Å². The number of nitrogen functional groups attached to an aromatic ring is 1. The van der Waals surface area contributed by atoms with E-state index < -0.39 is 10.0 Å². The highest BCUT2D eigenvalue weighted by molar-refractivity contribution is 7.89. The molecule has 0 fully saturated rings. The molecule has 1 atom stereocenters. The highest BCUT2D eigenvalue weighted by Crippen LogP contribution is 2.28. The maximum atomic E-state index is 12.9. The fourth-order valence-corrected chi connectivity index (χ4v) is 4.65. The van der Waals surface area contributed by atoms with E-state index in [9.17, 15) is 8.42 Å². The summed E-state index contributed by atoms with van der Waals surface area (Å²) < 4.78 is 28.9. The summed E-state index contributed by atoms with van der Waals surface area (Å²) in [4.78, 5) is 4.81. The average Bonchev–Trinajstić information content (AvgIpc) is 3.03. The van der Waals surface area contributed by atoms with E-state index >= 15 is 0 Å². The number of hydrogen-bond donors (Lipinski definition) is 2. The van der Waals surface area contributed by atoms with Gasteiger partial charge in [0.2, 0.25) is 5.03 Å². The van der Waals surface area contributed by atoms with Crippen molar-refractivity contribution in [2.45, 2.75) is 32.2 Å². The second-order valence-corrected chi connectivity index (χ2v) is 7.66. The number of anilines is 1. The number of thiazole rings is 1. The Morgan fingerprint density at radius 1 is 1.52 bits per heavy atom. The maximum Gasteiger partial charge on any atom is 0.262 e. The lowest BCUT2D eigenvalue weighted by atomic mass is 10.1. The fraction of sp³-hybridized carbons (Fsp3) is 0.583. The lowest BCUT2D eigenvalue weighted by Crippen LogP contribution is -2.35. The molecule has 0 saturated carbocycles. The van der Waals surface area contributed by atoms with E-state index in [0.717, 1.165) is 6.42 Å². The Morgan fingerprint density at radius 2 is 2.24 bits per heavy atom. The minimum absolute atomic E-state index is 0.103. The van der Waals surface area contributed by atoms with Crippen molar-refractivity contribution in [3.8, 4) is 0 Å². The number of hydrogen-bond acceptors (Lipinski definition) is 6. The molecule has 118 valence electrons. The molecule has 1 unspecified atom stereocenters. The molecule has 0 aliphatic rings. The van der Waals surface area contributed by atoms with Crippen LogP contribution in [0.2, 0.25) is 0 Å². The van der Waals surface area contributed by atoms with Gasteiger partial charge in [0.1, 0.15) is 0 Å². The van der Waals surface area contributed by atoms with Crippen LogP contribution in [0, 0.1) is 5.92 Å². The van der Waals surface area contributed by atoms with Gasteiger partial charge in [-0.3, -0.25) is 4.40 Å². The summed E-state index contributed by atoms with van der Waals surface area (Å²) in [6.07, 6.45) is 2.62. The van der Waals surface area contributed by atoms with Gasteiger partial charge in [0.05, 0.1) is 0 Å². The molecule has 3 N–H and O–H groups in total. The number of nitrogens with zero attached hydrogens (tertiary/aromatic N) is 3. The summed E-state index contributed by atoms with van der Waals surface area (Å²) in [6.45, 7) is 6.82. The van der Waals surface area contributed by atoms with Gasteiger partial charge in [0.25, 0.3) is 10.0 Å². The summed E-state index contributed by atoms with van der Waals surface area (Å²) in [5.74, 6) is 5.91. The first-order chi connectivity index (χ1) is 9.95. The lowest BCUT2D eigenvalue weighted by Gasteiger charge is -2.23. The van der Waals surface area contributed by atoms with Crippen molar-refractivity contribution in [1.82, 2.24) is 13.7 Å². The monoisotopic (exact) mass is 331 g/mol. The van der Waals surface area contributed by atoms with Gasteiger partial charge >= 0.3 is 0 Å². The molecule has 0 aliphatic carbocycles. The second-order valence-electron chi connectivity index (χ2n) is 4.93. The molecular weight excluding hydrogens is 310 g/mol. The van der Waals surface area contributed by atoms with E-state index in [0.29, 0.717) is 24.0 Å². The van der Waals surface area contributed by atoms with Crippen LogP contribution in [0.5, 0.6) is 0 Å². The van der Waals surface area contributed by atoms with Crippen LogP contribution in [0.3, 0.4) is 0 Å². The molecule has 2 aromatic rings. The zero-order valence-electron chi connectivity index (χ0n) is 12.4. The molecule has 2 rings (SSSR count). The van der Waals surface area contributed by atoms with E-state index in [1.807, 2.05) is 20.8 Å². The molecular formula is C12H21N5O2S2. The van der Waals surface area contributed by atoms with E-state index in [2.05, 4.69) is 10.4 Å². The Hall–Kier alpha value is -1.16. The van der Waals surface area contributed by atoms with Crippen molar-refractivity contribution in [3.63, 3.8) is 0 Å². The summed E-state index contributed by atoms with van der Waals surface area (Å²) in [5.41, 5.74) is 2.39. The zero-order chi connectivity index (χ0) is 15.6. The van der Waals surface area contributed by atoms with Crippen LogP contribution in [0.1, 0.15) is 27.2 Å². The molecule has 0 radical (unpaired) electrons. The van der Waals surface area contributed by atoms with Gasteiger partial charge in [0, 0.05) is 24.7 Å². The van der Waals surface area contributed by atoms with Crippen LogP contribution in [0.25, 0.3) is 4.96 Å². The summed E-state index contributed by atoms with van der Waals surface area (Å²) in [6, 6.07) is 0. The van der Waals surface area contributed by atoms with Crippen molar-refractivity contribution in [2.75, 3.05) is 18.5 Å². The largest absolute Gasteiger partial charge is 0.306 e. The minimum Gasteiger partial charge on any atom is -0.306 e. The third-order valence-electron chi connectivity index (χ3n) is 3.50. The molecule has 2 aromatic heterocycles. The Morgan fingerprint density at radius 3 is 2.81 bits per heavy atom. The number of nitrogens with one attached hydrogen (secondary N) is 1. The molecule has 21 heavy (non-hydrogen) atoms. The molecule has 2 heterocycles. The highest BCUT2D eigenvalue weighted by atomic mass is 32.2. The number of nitrogens with two attached hydrogens (primary N) is 1. The third-order valence-corrected chi connectivity index (χ3v) is 6.23. The van der Waals surface area contributed by atoms with Gasteiger partial charge in [-0.25, -0.2) is 14.3 Å². The summed E-state index contributed by atoms with van der Waals surface area (Å²) in [5, 5.41) is 1.90. The van der Waals surface area contributed by atoms with Gasteiger partial charge in [-0.2, -0.15) is 9.29 Å². The smallest absolute Gasteiger partial charge is 0.262 e. The van der Waals surface area contributed by atoms with Crippen molar-refractivity contribution >= 4 is 32.1 Å². The predicted octanol–water partition coefficient (Wildman–Crippen LogP) is 1.74. The molecule has 0 saturated heterocycles. The van der Waals surface area contributed by atoms with Crippen LogP contribution in [-0.2, 0) is 10.0 Å². The maximum absolute atomic E-state index is 12.9. The standard InChI is InChI=1S/C12H21N5O2S2/c1-4-9(3)8-16(5-2)21(18,19)11-10(15-13)14-12-17(11)6-7-20-12/h6-7,9,15H,4-5,8,13H2,1-3H3. The van der Waals surface area contributed by atoms with E-state index in [1.54, 1.807) is 16.0 Å². The van der Waals surface area contributed by atoms with Gasteiger partial charge in [-0.15, -0.1) is 11.3 Å². The van der Waals surface area contributed by atoms with Crippen molar-refractivity contribution < 1.29 is 8.42 Å². The van der Waals surface area contributed by atoms with Crippen molar-refractivity contribution in [3.05, 3.63) is 11.6 Å². The van der Waals surface area contributed by atoms with Crippen LogP contribution in [-0.4, -0.2) is 35.2 Å². The first-order valence-corrected chi connectivity index (χ1v) is 9.19. The second kappa shape index (κ2) is 6.30. The molecule has 7 nitrogen and oxygen atoms in total. The van der Waals surface area contributed by atoms with Crippen LogP contribution in [0.15, 0.2) is 16.6 Å². The molecule has 0 aromatic carbocycles. The molecule has 0 amide bonds. The first-order valence-electron chi connectivity index (χ1n) is 6.88. The number of imidazole rings is 1. The lowest BCUT2D eigenvalue weighted by molar-refractivity contribution is 0.360. The quantitative estimate of drug-likeness (QED) is 0.595. The van der Waals surface area contributed by atoms with E-state index in [4.69, 9.17) is 5.84 Å². The number of fused-ring (bicyclic) bond motifs is 1. The van der Waals surface area contributed by atoms with Gasteiger partial charge in [-0.05, 0) is 5.92 Å². The Bertz CT molecular complexity index is 706.